The van der Waals surface area contributed by atoms with Crippen LogP contribution < -0.4 is 26.0 Å². The van der Waals surface area contributed by atoms with Gasteiger partial charge in [-0.15, -0.1) is 0 Å². The van der Waals surface area contributed by atoms with E-state index >= 15 is 0 Å². The highest BCUT2D eigenvalue weighted by Crippen LogP contribution is 2.61. The summed E-state index contributed by atoms with van der Waals surface area (Å²) in [6, 6.07) is 0. The average molecular weight is 610 g/mol. The van der Waals surface area contributed by atoms with Crippen molar-refractivity contribution >= 4 is 62.2 Å². The van der Waals surface area contributed by atoms with E-state index in [0.29, 0.717) is 0 Å². The standard InChI is InChI=1S/C13H22N5O13P3S2/c1-6(36-35-2)28-7-3-9(18-5-15-10-11(18)16-13(14)17-12(10)19)29-8(7)4-27-33(23,24)31-34(25,26)30-32(20,21)22/h5-9H,3-4H2,1-2H3,(H,23,24)(H,25,26)(H2,20,21,22)(H3,14,16,17,19)/p-3/t6-,7?,8+,9+/m0/s1. The van der Waals surface area contributed by atoms with Crippen molar-refractivity contribution in [2.45, 2.75) is 37.2 Å². The fourth-order valence-corrected chi connectivity index (χ4v) is 7.48. The van der Waals surface area contributed by atoms with Gasteiger partial charge in [-0.05, 0) is 13.2 Å². The largest absolute Gasteiger partial charge is 0.756 e. The molecule has 2 aromatic heterocycles. The zero-order valence-corrected chi connectivity index (χ0v) is 22.5. The van der Waals surface area contributed by atoms with Gasteiger partial charge in [0.05, 0.1) is 19.0 Å². The van der Waals surface area contributed by atoms with Gasteiger partial charge in [0.1, 0.15) is 17.8 Å². The molecule has 0 bridgehead atoms. The van der Waals surface area contributed by atoms with E-state index in [9.17, 15) is 33.2 Å². The van der Waals surface area contributed by atoms with E-state index < -0.39 is 59.5 Å². The van der Waals surface area contributed by atoms with Crippen molar-refractivity contribution in [2.24, 2.45) is 0 Å². The Hall–Kier alpha value is -0.820. The second-order valence-corrected chi connectivity index (χ2v) is 14.0. The van der Waals surface area contributed by atoms with Crippen molar-refractivity contribution in [2.75, 3.05) is 18.6 Å². The van der Waals surface area contributed by atoms with Gasteiger partial charge in [0.15, 0.2) is 11.2 Å². The van der Waals surface area contributed by atoms with Gasteiger partial charge in [-0.25, -0.2) is 13.6 Å². The number of aromatic nitrogens is 4. The van der Waals surface area contributed by atoms with E-state index in [1.54, 1.807) is 6.92 Å². The number of fused-ring (bicyclic) bond motifs is 1. The van der Waals surface area contributed by atoms with Crippen LogP contribution in [0.1, 0.15) is 19.6 Å². The molecule has 7 atom stereocenters. The third-order valence-electron chi connectivity index (χ3n) is 4.34. The van der Waals surface area contributed by atoms with Crippen molar-refractivity contribution in [3.8, 4) is 0 Å². The summed E-state index contributed by atoms with van der Waals surface area (Å²) >= 11 is 0. The number of rotatable bonds is 12. The summed E-state index contributed by atoms with van der Waals surface area (Å²) in [6.45, 7) is 0.902. The molecule has 4 unspecified atom stereocenters. The zero-order chi connectivity index (χ0) is 26.9. The van der Waals surface area contributed by atoms with Crippen LogP contribution in [-0.2, 0) is 36.3 Å². The Bertz CT molecular complexity index is 1290. The molecule has 0 aromatic carbocycles. The lowest BCUT2D eigenvalue weighted by molar-refractivity contribution is -0.250. The Morgan fingerprint density at radius 2 is 2.03 bits per heavy atom. The molecule has 0 aliphatic carbocycles. The van der Waals surface area contributed by atoms with Crippen LogP contribution in [0.5, 0.6) is 0 Å². The highest BCUT2D eigenvalue weighted by Gasteiger charge is 2.40. The number of phosphoric acid groups is 3. The van der Waals surface area contributed by atoms with Crippen molar-refractivity contribution in [3.63, 3.8) is 0 Å². The summed E-state index contributed by atoms with van der Waals surface area (Å²) in [6.07, 6.45) is 0.361. The maximum absolute atomic E-state index is 12.1. The number of nitrogens with zero attached hydrogens (tertiary/aromatic N) is 3. The number of anilines is 1. The highest BCUT2D eigenvalue weighted by molar-refractivity contribution is 8.76. The smallest absolute Gasteiger partial charge is 0.280 e. The van der Waals surface area contributed by atoms with Gasteiger partial charge in [-0.2, -0.15) is 4.98 Å². The van der Waals surface area contributed by atoms with Crippen LogP contribution >= 0.6 is 45.1 Å². The van der Waals surface area contributed by atoms with Crippen molar-refractivity contribution in [3.05, 3.63) is 16.7 Å². The van der Waals surface area contributed by atoms with Gasteiger partial charge in [0.2, 0.25) is 5.95 Å². The number of phosphoric ester groups is 1. The van der Waals surface area contributed by atoms with E-state index in [1.165, 1.54) is 32.5 Å². The SMILES string of the molecule is CSS[C@@H](C)OC1C[C@H](n2cnc3c(=O)[nH]c(N)nc32)O[C@@H]1COP(=O)([O-])OP(=O)([O-])OP(=O)([O-])O. The fourth-order valence-electron chi connectivity index (χ4n) is 3.17. The summed E-state index contributed by atoms with van der Waals surface area (Å²) in [5.41, 5.74) is 4.67. The molecule has 0 saturated carbocycles. The molecule has 0 amide bonds. The molecular formula is C13H19N5O13P3S2-3. The predicted octanol–water partition coefficient (Wildman–Crippen LogP) is -0.821. The number of H-pyrrole nitrogens is 1. The summed E-state index contributed by atoms with van der Waals surface area (Å²) < 4.78 is 58.4. The molecule has 4 N–H and O–H groups in total. The monoisotopic (exact) mass is 610 g/mol. The third kappa shape index (κ3) is 8.09. The molecular weight excluding hydrogens is 591 g/mol. The molecule has 0 spiro atoms. The minimum atomic E-state index is -6.05. The van der Waals surface area contributed by atoms with E-state index in [-0.39, 0.29) is 23.5 Å². The third-order valence-corrected chi connectivity index (χ3v) is 10.00. The molecule has 3 heterocycles. The Morgan fingerprint density at radius 3 is 2.67 bits per heavy atom. The number of hydrogen-bond donors (Lipinski definition) is 3. The number of hydrogen-bond acceptors (Lipinski definition) is 17. The Balaban J connectivity index is 1.78. The zero-order valence-electron chi connectivity index (χ0n) is 18.2. The molecule has 1 saturated heterocycles. The second-order valence-electron chi connectivity index (χ2n) is 6.97. The lowest BCUT2D eigenvalue weighted by atomic mass is 10.2. The Morgan fingerprint density at radius 1 is 1.33 bits per heavy atom. The first-order valence-electron chi connectivity index (χ1n) is 9.55. The molecule has 18 nitrogen and oxygen atoms in total. The number of imidazole rings is 1. The average Bonchev–Trinajstić information content (AvgIpc) is 3.27. The number of nitrogen functional groups attached to an aromatic ring is 1. The van der Waals surface area contributed by atoms with Crippen LogP contribution in [0.2, 0.25) is 0 Å². The summed E-state index contributed by atoms with van der Waals surface area (Å²) in [5.74, 6) is -0.177. The van der Waals surface area contributed by atoms with Crippen LogP contribution in [0.25, 0.3) is 11.2 Å². The molecule has 1 fully saturated rings. The van der Waals surface area contributed by atoms with Crippen LogP contribution in [-0.4, -0.2) is 54.9 Å². The quantitative estimate of drug-likeness (QED) is 0.150. The van der Waals surface area contributed by atoms with Gasteiger partial charge < -0.3 is 39.3 Å². The first-order valence-corrected chi connectivity index (χ1v) is 16.6. The molecule has 204 valence electrons. The molecule has 23 heteroatoms. The fraction of sp³-hybridized carbons (Fsp3) is 0.615. The Labute approximate surface area is 210 Å². The van der Waals surface area contributed by atoms with Gasteiger partial charge in [0.25, 0.3) is 29.0 Å². The molecule has 0 radical (unpaired) electrons. The minimum absolute atomic E-state index is 0.0283. The van der Waals surface area contributed by atoms with Gasteiger partial charge in [-0.1, -0.05) is 21.6 Å². The first kappa shape index (κ1) is 29.7. The van der Waals surface area contributed by atoms with Crippen LogP contribution in [0.3, 0.4) is 0 Å². The first-order chi connectivity index (χ1) is 16.6. The molecule has 36 heavy (non-hydrogen) atoms. The molecule has 1 aliphatic rings. The summed E-state index contributed by atoms with van der Waals surface area (Å²) in [5, 5.41) is 0. The van der Waals surface area contributed by atoms with Gasteiger partial charge >= 0.3 is 0 Å². The normalized spacial score (nSPS) is 26.3. The number of aromatic amines is 1. The van der Waals surface area contributed by atoms with Crippen LogP contribution in [0.4, 0.5) is 5.95 Å². The summed E-state index contributed by atoms with van der Waals surface area (Å²) in [4.78, 5) is 64.8. The van der Waals surface area contributed by atoms with Crippen molar-refractivity contribution in [1.82, 2.24) is 19.5 Å². The van der Waals surface area contributed by atoms with E-state index in [1.807, 2.05) is 6.26 Å². The van der Waals surface area contributed by atoms with Crippen LogP contribution in [0, 0.1) is 0 Å². The van der Waals surface area contributed by atoms with Gasteiger partial charge in [0, 0.05) is 6.42 Å². The van der Waals surface area contributed by atoms with Crippen molar-refractivity contribution < 1.29 is 55.9 Å². The minimum Gasteiger partial charge on any atom is -0.756 e. The Kier molecular flexibility index (Phi) is 9.51. The summed E-state index contributed by atoms with van der Waals surface area (Å²) in [7, 11) is -14.9. The van der Waals surface area contributed by atoms with Gasteiger partial charge in [-0.3, -0.25) is 28.0 Å². The van der Waals surface area contributed by atoms with Crippen molar-refractivity contribution in [1.29, 1.82) is 0 Å². The lowest BCUT2D eigenvalue weighted by Gasteiger charge is -2.33. The maximum atomic E-state index is 12.1. The number of nitrogens with one attached hydrogen (secondary N) is 1. The predicted molar refractivity (Wildman–Crippen MR) is 120 cm³/mol. The number of ether oxygens (including phenoxy) is 2. The second kappa shape index (κ2) is 11.5. The molecule has 2 aromatic rings. The van der Waals surface area contributed by atoms with E-state index in [2.05, 4.69) is 28.1 Å². The lowest BCUT2D eigenvalue weighted by Crippen LogP contribution is -2.31. The van der Waals surface area contributed by atoms with Crippen LogP contribution in [0.15, 0.2) is 11.1 Å². The highest BCUT2D eigenvalue weighted by atomic mass is 33.1. The topological polar surface area (TPSA) is 276 Å². The molecule has 1 aliphatic heterocycles. The molecule has 3 rings (SSSR count). The number of nitrogens with two attached hydrogens (primary N) is 1. The van der Waals surface area contributed by atoms with E-state index in [4.69, 9.17) is 20.1 Å². The maximum Gasteiger partial charge on any atom is 0.280 e. The van der Waals surface area contributed by atoms with E-state index in [0.717, 1.165) is 0 Å².